The van der Waals surface area contributed by atoms with E-state index in [1.165, 1.54) is 6.33 Å². The third-order valence-electron chi connectivity index (χ3n) is 4.05. The number of hydrogen-bond acceptors (Lipinski definition) is 8. The molecule has 3 aromatic rings. The second-order valence-electron chi connectivity index (χ2n) is 5.94. The normalized spacial score (nSPS) is 16.7. The van der Waals surface area contributed by atoms with E-state index in [0.717, 1.165) is 18.4 Å². The number of hydrogen-bond donors (Lipinski definition) is 1. The SMILES string of the molecule is O=C(NCc1noc(C2CCCO2)n1)c1ccc(Cn2cnnn2)cc1. The van der Waals surface area contributed by atoms with Gasteiger partial charge in [-0.15, -0.1) is 5.10 Å². The van der Waals surface area contributed by atoms with Gasteiger partial charge in [0.2, 0.25) is 0 Å². The Kier molecular flexibility index (Phi) is 4.65. The van der Waals surface area contributed by atoms with Crippen LogP contribution < -0.4 is 5.32 Å². The highest BCUT2D eigenvalue weighted by molar-refractivity contribution is 5.94. The summed E-state index contributed by atoms with van der Waals surface area (Å²) in [6, 6.07) is 7.23. The van der Waals surface area contributed by atoms with Crippen LogP contribution in [-0.4, -0.2) is 42.9 Å². The zero-order valence-electron chi connectivity index (χ0n) is 13.9. The third-order valence-corrected chi connectivity index (χ3v) is 4.05. The number of rotatable bonds is 6. The van der Waals surface area contributed by atoms with Crippen LogP contribution in [0.1, 0.15) is 46.6 Å². The summed E-state index contributed by atoms with van der Waals surface area (Å²) in [5.74, 6) is 0.695. The highest BCUT2D eigenvalue weighted by Gasteiger charge is 2.23. The third kappa shape index (κ3) is 3.75. The molecule has 1 saturated heterocycles. The van der Waals surface area contributed by atoms with Crippen molar-refractivity contribution in [1.82, 2.24) is 35.7 Å². The zero-order valence-corrected chi connectivity index (χ0v) is 13.9. The molecule has 1 fully saturated rings. The van der Waals surface area contributed by atoms with E-state index in [4.69, 9.17) is 9.26 Å². The Hall–Kier alpha value is -3.14. The number of benzene rings is 1. The van der Waals surface area contributed by atoms with Crippen molar-refractivity contribution in [3.05, 3.63) is 53.4 Å². The predicted molar refractivity (Wildman–Crippen MR) is 86.8 cm³/mol. The summed E-state index contributed by atoms with van der Waals surface area (Å²) < 4.78 is 12.3. The monoisotopic (exact) mass is 355 g/mol. The van der Waals surface area contributed by atoms with Crippen molar-refractivity contribution in [3.63, 3.8) is 0 Å². The average molecular weight is 355 g/mol. The van der Waals surface area contributed by atoms with Crippen LogP contribution in [0.5, 0.6) is 0 Å². The molecule has 26 heavy (non-hydrogen) atoms. The van der Waals surface area contributed by atoms with Crippen molar-refractivity contribution in [2.45, 2.75) is 32.0 Å². The van der Waals surface area contributed by atoms with Crippen LogP contribution >= 0.6 is 0 Å². The topological polar surface area (TPSA) is 121 Å². The number of carbonyl (C=O) groups excluding carboxylic acids is 1. The van der Waals surface area contributed by atoms with Gasteiger partial charge in [0, 0.05) is 12.2 Å². The lowest BCUT2D eigenvalue weighted by Gasteiger charge is -2.04. The van der Waals surface area contributed by atoms with Gasteiger partial charge in [-0.3, -0.25) is 4.79 Å². The zero-order chi connectivity index (χ0) is 17.8. The Morgan fingerprint density at radius 1 is 1.31 bits per heavy atom. The fourth-order valence-electron chi connectivity index (χ4n) is 2.71. The van der Waals surface area contributed by atoms with E-state index in [1.807, 2.05) is 12.1 Å². The van der Waals surface area contributed by atoms with Gasteiger partial charge in [0.1, 0.15) is 12.4 Å². The smallest absolute Gasteiger partial charge is 0.255 e. The number of tetrazole rings is 1. The maximum absolute atomic E-state index is 12.2. The van der Waals surface area contributed by atoms with E-state index in [1.54, 1.807) is 16.8 Å². The van der Waals surface area contributed by atoms with Crippen molar-refractivity contribution < 1.29 is 14.1 Å². The van der Waals surface area contributed by atoms with E-state index in [2.05, 4.69) is 31.0 Å². The summed E-state index contributed by atoms with van der Waals surface area (Å²) in [7, 11) is 0. The van der Waals surface area contributed by atoms with Gasteiger partial charge in [-0.1, -0.05) is 17.3 Å². The lowest BCUT2D eigenvalue weighted by molar-refractivity contribution is 0.0835. The lowest BCUT2D eigenvalue weighted by Crippen LogP contribution is -2.23. The molecule has 1 atom stereocenters. The molecular weight excluding hydrogens is 338 g/mol. The van der Waals surface area contributed by atoms with Crippen molar-refractivity contribution >= 4 is 5.91 Å². The molecule has 10 heteroatoms. The molecule has 0 spiro atoms. The van der Waals surface area contributed by atoms with Crippen molar-refractivity contribution in [2.24, 2.45) is 0 Å². The van der Waals surface area contributed by atoms with Gasteiger partial charge < -0.3 is 14.6 Å². The maximum Gasteiger partial charge on any atom is 0.255 e. The molecule has 0 saturated carbocycles. The van der Waals surface area contributed by atoms with Crippen LogP contribution in [-0.2, 0) is 17.8 Å². The summed E-state index contributed by atoms with van der Waals surface area (Å²) in [5.41, 5.74) is 1.54. The molecule has 1 amide bonds. The number of nitrogens with one attached hydrogen (secondary N) is 1. The minimum Gasteiger partial charge on any atom is -0.368 e. The van der Waals surface area contributed by atoms with Crippen molar-refractivity contribution in [2.75, 3.05) is 6.61 Å². The summed E-state index contributed by atoms with van der Waals surface area (Å²) in [6.45, 7) is 1.45. The molecule has 1 aliphatic rings. The molecule has 0 aliphatic carbocycles. The van der Waals surface area contributed by atoms with Crippen LogP contribution in [0.4, 0.5) is 0 Å². The first kappa shape index (κ1) is 16.3. The van der Waals surface area contributed by atoms with E-state index in [9.17, 15) is 4.79 Å². The van der Waals surface area contributed by atoms with Crippen LogP contribution in [0.25, 0.3) is 0 Å². The van der Waals surface area contributed by atoms with Crippen LogP contribution in [0.3, 0.4) is 0 Å². The van der Waals surface area contributed by atoms with Crippen LogP contribution in [0.15, 0.2) is 35.1 Å². The fraction of sp³-hybridized carbons (Fsp3) is 0.375. The van der Waals surface area contributed by atoms with E-state index < -0.39 is 0 Å². The van der Waals surface area contributed by atoms with Gasteiger partial charge in [-0.05, 0) is 41.0 Å². The Morgan fingerprint density at radius 3 is 2.92 bits per heavy atom. The molecule has 10 nitrogen and oxygen atoms in total. The number of ether oxygens (including phenoxy) is 1. The Morgan fingerprint density at radius 2 is 2.19 bits per heavy atom. The summed E-state index contributed by atoms with van der Waals surface area (Å²) in [6.07, 6.45) is 3.28. The average Bonchev–Trinajstić information content (AvgIpc) is 3.41. The van der Waals surface area contributed by atoms with Crippen LogP contribution in [0.2, 0.25) is 0 Å². The second-order valence-corrected chi connectivity index (χ2v) is 5.94. The van der Waals surface area contributed by atoms with Crippen LogP contribution in [0, 0.1) is 0 Å². The molecule has 3 heterocycles. The standard InChI is InChI=1S/C16H17N7O3/c24-15(12-5-3-11(4-6-12)9-23-10-18-21-22-23)17-8-14-19-16(26-20-14)13-2-1-7-25-13/h3-6,10,13H,1-2,7-9H2,(H,17,24). The van der Waals surface area contributed by atoms with Crippen molar-refractivity contribution in [1.29, 1.82) is 0 Å². The summed E-state index contributed by atoms with van der Waals surface area (Å²) >= 11 is 0. The van der Waals surface area contributed by atoms with Gasteiger partial charge in [0.15, 0.2) is 5.82 Å². The number of aromatic nitrogens is 6. The first-order valence-electron chi connectivity index (χ1n) is 8.30. The molecule has 1 aliphatic heterocycles. The minimum atomic E-state index is -0.206. The van der Waals surface area contributed by atoms with E-state index in [0.29, 0.717) is 30.4 Å². The Labute approximate surface area is 148 Å². The molecule has 4 rings (SSSR count). The van der Waals surface area contributed by atoms with Crippen molar-refractivity contribution in [3.8, 4) is 0 Å². The molecule has 0 radical (unpaired) electrons. The minimum absolute atomic E-state index is 0.125. The van der Waals surface area contributed by atoms with E-state index >= 15 is 0 Å². The molecule has 1 aromatic carbocycles. The predicted octanol–water partition coefficient (Wildman–Crippen LogP) is 0.886. The summed E-state index contributed by atoms with van der Waals surface area (Å²) in [5, 5.41) is 17.6. The van der Waals surface area contributed by atoms with Gasteiger partial charge in [-0.2, -0.15) is 4.98 Å². The highest BCUT2D eigenvalue weighted by Crippen LogP contribution is 2.26. The molecule has 1 N–H and O–H groups in total. The highest BCUT2D eigenvalue weighted by atomic mass is 16.5. The number of nitrogens with zero attached hydrogens (tertiary/aromatic N) is 6. The van der Waals surface area contributed by atoms with Gasteiger partial charge in [-0.25, -0.2) is 4.68 Å². The largest absolute Gasteiger partial charge is 0.368 e. The molecular formula is C16H17N7O3. The second kappa shape index (κ2) is 7.40. The quantitative estimate of drug-likeness (QED) is 0.692. The van der Waals surface area contributed by atoms with E-state index in [-0.39, 0.29) is 18.6 Å². The van der Waals surface area contributed by atoms with Gasteiger partial charge in [0.05, 0.1) is 13.1 Å². The molecule has 1 unspecified atom stereocenters. The Balaban J connectivity index is 1.31. The lowest BCUT2D eigenvalue weighted by atomic mass is 10.1. The first-order chi connectivity index (χ1) is 12.8. The first-order valence-corrected chi connectivity index (χ1v) is 8.30. The number of carbonyl (C=O) groups is 1. The number of amides is 1. The molecule has 134 valence electrons. The fourth-order valence-corrected chi connectivity index (χ4v) is 2.71. The van der Waals surface area contributed by atoms with Gasteiger partial charge >= 0.3 is 0 Å². The molecule has 2 aromatic heterocycles. The Bertz CT molecular complexity index is 854. The van der Waals surface area contributed by atoms with Gasteiger partial charge in [0.25, 0.3) is 11.8 Å². The summed E-state index contributed by atoms with van der Waals surface area (Å²) in [4.78, 5) is 16.5. The molecule has 0 bridgehead atoms. The maximum atomic E-state index is 12.2.